The van der Waals surface area contributed by atoms with Crippen molar-refractivity contribution in [3.63, 3.8) is 0 Å². The van der Waals surface area contributed by atoms with Gasteiger partial charge in [0.2, 0.25) is 0 Å². The second kappa shape index (κ2) is 5.62. The van der Waals surface area contributed by atoms with E-state index in [1.807, 2.05) is 12.1 Å². The molecule has 2 nitrogen and oxygen atoms in total. The second-order valence-electron chi connectivity index (χ2n) is 6.40. The maximum absolute atomic E-state index is 9.70. The molecule has 1 N–H and O–H groups in total. The van der Waals surface area contributed by atoms with Crippen LogP contribution in [0.25, 0.3) is 5.57 Å². The second-order valence-corrected chi connectivity index (χ2v) is 6.40. The third-order valence-corrected chi connectivity index (χ3v) is 4.96. The normalized spacial score (nSPS) is 24.3. The zero-order valence-corrected chi connectivity index (χ0v) is 12.7. The van der Waals surface area contributed by atoms with Crippen LogP contribution in [0.2, 0.25) is 0 Å². The van der Waals surface area contributed by atoms with Crippen molar-refractivity contribution in [2.75, 3.05) is 0 Å². The minimum atomic E-state index is 0.359. The van der Waals surface area contributed by atoms with Gasteiger partial charge in [-0.05, 0) is 48.1 Å². The predicted octanol–water partition coefficient (Wildman–Crippen LogP) is 4.21. The average Bonchev–Trinajstić information content (AvgIpc) is 2.78. The monoisotopic (exact) mass is 291 g/mol. The van der Waals surface area contributed by atoms with Gasteiger partial charge in [-0.1, -0.05) is 48.5 Å². The van der Waals surface area contributed by atoms with Gasteiger partial charge in [-0.3, -0.25) is 4.90 Å². The van der Waals surface area contributed by atoms with Crippen LogP contribution in [0.1, 0.15) is 30.4 Å². The maximum Gasteiger partial charge on any atom is 0.116 e. The zero-order chi connectivity index (χ0) is 14.9. The first kappa shape index (κ1) is 13.6. The molecule has 2 aromatic rings. The summed E-state index contributed by atoms with van der Waals surface area (Å²) in [6.07, 6.45) is 6.03. The summed E-state index contributed by atoms with van der Waals surface area (Å²) in [7, 11) is 0. The molecule has 2 unspecified atom stereocenters. The fourth-order valence-electron chi connectivity index (χ4n) is 3.88. The lowest BCUT2D eigenvalue weighted by Crippen LogP contribution is -2.37. The van der Waals surface area contributed by atoms with Crippen molar-refractivity contribution in [1.29, 1.82) is 0 Å². The quantitative estimate of drug-likeness (QED) is 0.915. The van der Waals surface area contributed by atoms with E-state index in [0.29, 0.717) is 17.8 Å². The molecule has 1 saturated heterocycles. The lowest BCUT2D eigenvalue weighted by atomic mass is 9.94. The third kappa shape index (κ3) is 2.55. The van der Waals surface area contributed by atoms with Gasteiger partial charge in [-0.15, -0.1) is 0 Å². The highest BCUT2D eigenvalue weighted by molar-refractivity contribution is 5.69. The lowest BCUT2D eigenvalue weighted by Gasteiger charge is -2.34. The fourth-order valence-corrected chi connectivity index (χ4v) is 3.88. The van der Waals surface area contributed by atoms with Crippen LogP contribution in [0.3, 0.4) is 0 Å². The van der Waals surface area contributed by atoms with E-state index in [1.54, 1.807) is 6.07 Å². The van der Waals surface area contributed by atoms with Crippen molar-refractivity contribution in [3.8, 4) is 5.75 Å². The summed E-state index contributed by atoms with van der Waals surface area (Å²) in [4.78, 5) is 2.64. The Kier molecular flexibility index (Phi) is 3.47. The van der Waals surface area contributed by atoms with Crippen molar-refractivity contribution in [3.05, 3.63) is 71.8 Å². The standard InChI is InChI=1S/C20H21NO/c22-20-8-4-7-16(13-20)17-11-18-9-10-19(12-17)21(18)14-15-5-2-1-3-6-15/h1-8,11,13,18-19,22H,9-10,12,14H2. The van der Waals surface area contributed by atoms with Crippen molar-refractivity contribution in [1.82, 2.24) is 4.90 Å². The number of rotatable bonds is 3. The molecule has 112 valence electrons. The van der Waals surface area contributed by atoms with Crippen LogP contribution in [-0.2, 0) is 6.54 Å². The molecule has 0 saturated carbocycles. The van der Waals surface area contributed by atoms with Gasteiger partial charge in [0.1, 0.15) is 5.75 Å². The molecule has 2 aromatic carbocycles. The number of phenols is 1. The van der Waals surface area contributed by atoms with Gasteiger partial charge in [0.05, 0.1) is 0 Å². The van der Waals surface area contributed by atoms with Crippen LogP contribution >= 0.6 is 0 Å². The van der Waals surface area contributed by atoms with E-state index in [1.165, 1.54) is 29.5 Å². The number of nitrogens with zero attached hydrogens (tertiary/aromatic N) is 1. The molecule has 0 radical (unpaired) electrons. The smallest absolute Gasteiger partial charge is 0.116 e. The molecule has 1 fully saturated rings. The molecule has 0 aromatic heterocycles. The number of benzene rings is 2. The number of phenolic OH excluding ortho intramolecular Hbond substituents is 1. The Balaban J connectivity index is 1.57. The Hall–Kier alpha value is -2.06. The molecule has 22 heavy (non-hydrogen) atoms. The Morgan fingerprint density at radius 1 is 1.00 bits per heavy atom. The summed E-state index contributed by atoms with van der Waals surface area (Å²) in [6.45, 7) is 1.04. The Morgan fingerprint density at radius 2 is 1.86 bits per heavy atom. The van der Waals surface area contributed by atoms with E-state index >= 15 is 0 Å². The molecular formula is C20H21NO. The van der Waals surface area contributed by atoms with Crippen molar-refractivity contribution >= 4 is 5.57 Å². The highest BCUT2D eigenvalue weighted by Gasteiger charge is 2.36. The molecule has 0 amide bonds. The van der Waals surface area contributed by atoms with Crippen molar-refractivity contribution in [2.45, 2.75) is 37.9 Å². The lowest BCUT2D eigenvalue weighted by molar-refractivity contribution is 0.203. The first-order valence-corrected chi connectivity index (χ1v) is 8.09. The topological polar surface area (TPSA) is 23.5 Å². The average molecular weight is 291 g/mol. The van der Waals surface area contributed by atoms with Crippen molar-refractivity contribution < 1.29 is 5.11 Å². The minimum absolute atomic E-state index is 0.359. The van der Waals surface area contributed by atoms with Crippen molar-refractivity contribution in [2.24, 2.45) is 0 Å². The molecule has 2 atom stereocenters. The molecule has 2 aliphatic rings. The summed E-state index contributed by atoms with van der Waals surface area (Å²) in [5.74, 6) is 0.359. The molecule has 4 rings (SSSR count). The van der Waals surface area contributed by atoms with Crippen LogP contribution in [0, 0.1) is 0 Å². The summed E-state index contributed by atoms with van der Waals surface area (Å²) in [5, 5.41) is 9.70. The molecule has 2 bridgehead atoms. The van der Waals surface area contributed by atoms with Gasteiger partial charge in [0.15, 0.2) is 0 Å². The van der Waals surface area contributed by atoms with E-state index < -0.39 is 0 Å². The number of fused-ring (bicyclic) bond motifs is 2. The minimum Gasteiger partial charge on any atom is -0.508 e. The highest BCUT2D eigenvalue weighted by Crippen LogP contribution is 2.39. The zero-order valence-electron chi connectivity index (χ0n) is 12.7. The highest BCUT2D eigenvalue weighted by atomic mass is 16.3. The van der Waals surface area contributed by atoms with Crippen LogP contribution in [0.4, 0.5) is 0 Å². The van der Waals surface area contributed by atoms with Crippen LogP contribution in [-0.4, -0.2) is 22.1 Å². The van der Waals surface area contributed by atoms with Crippen LogP contribution in [0.5, 0.6) is 5.75 Å². The van der Waals surface area contributed by atoms with Gasteiger partial charge < -0.3 is 5.11 Å². The van der Waals surface area contributed by atoms with E-state index in [9.17, 15) is 5.11 Å². The molecule has 2 heteroatoms. The number of hydrogen-bond acceptors (Lipinski definition) is 2. The van der Waals surface area contributed by atoms with Gasteiger partial charge in [0, 0.05) is 18.6 Å². The largest absolute Gasteiger partial charge is 0.508 e. The summed E-state index contributed by atoms with van der Waals surface area (Å²) < 4.78 is 0. The number of aromatic hydroxyl groups is 1. The Bertz CT molecular complexity index is 692. The molecule has 0 aliphatic carbocycles. The summed E-state index contributed by atoms with van der Waals surface area (Å²) in [5.41, 5.74) is 3.97. The first-order valence-electron chi connectivity index (χ1n) is 8.09. The SMILES string of the molecule is Oc1cccc(C2=CC3CCC(C2)N3Cc2ccccc2)c1. The van der Waals surface area contributed by atoms with Gasteiger partial charge in [-0.2, -0.15) is 0 Å². The first-order chi connectivity index (χ1) is 10.8. The van der Waals surface area contributed by atoms with Gasteiger partial charge in [-0.25, -0.2) is 0 Å². The molecular weight excluding hydrogens is 270 g/mol. The maximum atomic E-state index is 9.70. The van der Waals surface area contributed by atoms with E-state index in [2.05, 4.69) is 47.4 Å². The van der Waals surface area contributed by atoms with Gasteiger partial charge in [0.25, 0.3) is 0 Å². The van der Waals surface area contributed by atoms with E-state index in [4.69, 9.17) is 0 Å². The third-order valence-electron chi connectivity index (χ3n) is 4.96. The van der Waals surface area contributed by atoms with Gasteiger partial charge >= 0.3 is 0 Å². The fraction of sp³-hybridized carbons (Fsp3) is 0.300. The summed E-state index contributed by atoms with van der Waals surface area (Å²) >= 11 is 0. The predicted molar refractivity (Wildman–Crippen MR) is 89.5 cm³/mol. The summed E-state index contributed by atoms with van der Waals surface area (Å²) in [6, 6.07) is 19.6. The Labute approximate surface area is 131 Å². The van der Waals surface area contributed by atoms with E-state index in [0.717, 1.165) is 13.0 Å². The molecule has 2 heterocycles. The van der Waals surface area contributed by atoms with E-state index in [-0.39, 0.29) is 0 Å². The molecule has 2 aliphatic heterocycles. The Morgan fingerprint density at radius 3 is 2.64 bits per heavy atom. The van der Waals surface area contributed by atoms with Crippen LogP contribution in [0.15, 0.2) is 60.7 Å². The molecule has 0 spiro atoms. The van der Waals surface area contributed by atoms with Crippen LogP contribution < -0.4 is 0 Å². The number of hydrogen-bond donors (Lipinski definition) is 1.